The van der Waals surface area contributed by atoms with Crippen LogP contribution < -0.4 is 15.4 Å². The molecule has 3 heterocycles. The van der Waals surface area contributed by atoms with Gasteiger partial charge in [0.15, 0.2) is 11.5 Å². The number of carbonyl (C=O) groups is 2. The molecule has 4 rings (SSSR count). The molecule has 1 aromatic carbocycles. The number of likely N-dealkylation sites (N-methyl/N-ethyl adjacent to an activating group) is 1. The number of aromatic nitrogens is 2. The third kappa shape index (κ3) is 6.18. The summed E-state index contributed by atoms with van der Waals surface area (Å²) in [6.07, 6.45) is 1.58. The molecule has 0 saturated carbocycles. The van der Waals surface area contributed by atoms with Crippen LogP contribution in [0, 0.1) is 11.3 Å². The molecule has 0 bridgehead atoms. The van der Waals surface area contributed by atoms with Crippen LogP contribution in [-0.2, 0) is 11.3 Å². The number of amides is 1. The Kier molecular flexibility index (Phi) is 8.25. The summed E-state index contributed by atoms with van der Waals surface area (Å²) in [6.45, 7) is 2.20. The van der Waals surface area contributed by atoms with Crippen LogP contribution in [0.3, 0.4) is 0 Å². The molecule has 37 heavy (non-hydrogen) atoms. The van der Waals surface area contributed by atoms with Crippen molar-refractivity contribution in [2.24, 2.45) is 0 Å². The Labute approximate surface area is 215 Å². The molecule has 2 saturated heterocycles. The highest BCUT2D eigenvalue weighted by atomic mass is 16.6. The topological polar surface area (TPSA) is 158 Å². The van der Waals surface area contributed by atoms with E-state index in [4.69, 9.17) is 15.2 Å². The number of hydrogen-bond acceptors (Lipinski definition) is 10. The van der Waals surface area contributed by atoms with Crippen LogP contribution in [0.1, 0.15) is 35.3 Å². The van der Waals surface area contributed by atoms with Gasteiger partial charge in [-0.05, 0) is 32.0 Å². The number of anilines is 2. The van der Waals surface area contributed by atoms with Gasteiger partial charge in [0.1, 0.15) is 18.9 Å². The summed E-state index contributed by atoms with van der Waals surface area (Å²) >= 11 is 0. The van der Waals surface area contributed by atoms with Crippen LogP contribution in [0.15, 0.2) is 30.3 Å². The zero-order valence-corrected chi connectivity index (χ0v) is 20.7. The summed E-state index contributed by atoms with van der Waals surface area (Å²) in [4.78, 5) is 38.6. The Morgan fingerprint density at radius 1 is 1.19 bits per heavy atom. The van der Waals surface area contributed by atoms with Crippen LogP contribution in [0.25, 0.3) is 0 Å². The van der Waals surface area contributed by atoms with Crippen molar-refractivity contribution in [3.8, 4) is 12.1 Å². The number of nitrogens with two attached hydrogens (primary N) is 1. The molecule has 1 amide bonds. The van der Waals surface area contributed by atoms with Gasteiger partial charge in [-0.2, -0.15) is 15.2 Å². The third-order valence-electron chi connectivity index (χ3n) is 6.73. The second-order valence-electron chi connectivity index (χ2n) is 9.18. The summed E-state index contributed by atoms with van der Waals surface area (Å²) in [7, 11) is 2.01. The van der Waals surface area contributed by atoms with Gasteiger partial charge in [-0.1, -0.05) is 30.3 Å². The van der Waals surface area contributed by atoms with E-state index < -0.39 is 18.1 Å². The molecule has 2 aliphatic heterocycles. The van der Waals surface area contributed by atoms with Gasteiger partial charge in [0.25, 0.3) is 0 Å². The minimum absolute atomic E-state index is 0.0606. The molecule has 0 aliphatic carbocycles. The van der Waals surface area contributed by atoms with Crippen LogP contribution >= 0.6 is 0 Å². The van der Waals surface area contributed by atoms with Gasteiger partial charge in [-0.25, -0.2) is 9.59 Å². The normalized spacial score (nSPS) is 19.9. The van der Waals surface area contributed by atoms with E-state index in [0.717, 1.165) is 24.9 Å². The van der Waals surface area contributed by atoms with Gasteiger partial charge in [-0.15, -0.1) is 0 Å². The number of carbonyl (C=O) groups excluding carboxylic acids is 1. The number of piperazine rings is 1. The first-order valence-electron chi connectivity index (χ1n) is 12.2. The lowest BCUT2D eigenvalue weighted by Crippen LogP contribution is -2.55. The number of nitrogen functional groups attached to an aromatic ring is 1. The quantitative estimate of drug-likeness (QED) is 0.536. The van der Waals surface area contributed by atoms with Gasteiger partial charge in [0.2, 0.25) is 0 Å². The number of carboxylic acid groups (broad SMARTS) is 1. The largest absolute Gasteiger partial charge is 0.476 e. The van der Waals surface area contributed by atoms with Crippen molar-refractivity contribution in [2.75, 3.05) is 50.5 Å². The Morgan fingerprint density at radius 3 is 2.65 bits per heavy atom. The van der Waals surface area contributed by atoms with E-state index >= 15 is 0 Å². The first kappa shape index (κ1) is 26.0. The van der Waals surface area contributed by atoms with Gasteiger partial charge >= 0.3 is 18.1 Å². The molecular weight excluding hydrogens is 478 g/mol. The molecule has 12 heteroatoms. The summed E-state index contributed by atoms with van der Waals surface area (Å²) < 4.78 is 11.3. The molecule has 196 valence electrons. The van der Waals surface area contributed by atoms with E-state index in [1.165, 1.54) is 4.90 Å². The monoisotopic (exact) mass is 509 g/mol. The highest BCUT2D eigenvalue weighted by Crippen LogP contribution is 2.29. The van der Waals surface area contributed by atoms with Crippen LogP contribution in [0.5, 0.6) is 6.01 Å². The SMILES string of the molecule is CN1CCC[C@H]1COc1nc(C(=O)O)c(N)c(N2CCN(C(=O)OCc3ccccc3)[C@@H](CC#N)C2)n1. The van der Waals surface area contributed by atoms with Gasteiger partial charge in [-0.3, -0.25) is 0 Å². The maximum Gasteiger partial charge on any atom is 0.410 e. The van der Waals surface area contributed by atoms with E-state index in [0.29, 0.717) is 13.2 Å². The van der Waals surface area contributed by atoms with E-state index in [-0.39, 0.29) is 55.4 Å². The number of aromatic carboxylic acids is 1. The molecule has 12 nitrogen and oxygen atoms in total. The highest BCUT2D eigenvalue weighted by molar-refractivity contribution is 5.94. The number of hydrogen-bond donors (Lipinski definition) is 2. The molecule has 1 aromatic heterocycles. The number of nitrogens with zero attached hydrogens (tertiary/aromatic N) is 6. The van der Waals surface area contributed by atoms with E-state index in [2.05, 4.69) is 20.9 Å². The highest BCUT2D eigenvalue weighted by Gasteiger charge is 2.34. The lowest BCUT2D eigenvalue weighted by Gasteiger charge is -2.40. The number of rotatable bonds is 8. The molecular formula is C25H31N7O5. The number of ether oxygens (including phenoxy) is 2. The number of benzene rings is 1. The van der Waals surface area contributed by atoms with Crippen molar-refractivity contribution < 1.29 is 24.2 Å². The van der Waals surface area contributed by atoms with Crippen molar-refractivity contribution in [1.82, 2.24) is 19.8 Å². The average Bonchev–Trinajstić information content (AvgIpc) is 3.31. The molecule has 0 unspecified atom stereocenters. The molecule has 0 radical (unpaired) electrons. The molecule has 0 spiro atoms. The zero-order valence-electron chi connectivity index (χ0n) is 20.7. The standard InChI is InChI=1S/C25H31N7O5/c1-30-11-5-8-19(30)16-36-24-28-21(23(33)34)20(27)22(29-24)31-12-13-32(18(14-31)9-10-26)25(35)37-15-17-6-3-2-4-7-17/h2-4,6-7,18-19H,5,8-9,11-16,27H2,1H3,(H,33,34)/t18-,19-/m0/s1. The number of nitriles is 1. The summed E-state index contributed by atoms with van der Waals surface area (Å²) in [6, 6.07) is 11.1. The zero-order chi connectivity index (χ0) is 26.4. The molecule has 2 aliphatic rings. The van der Waals surface area contributed by atoms with Crippen LogP contribution in [0.4, 0.5) is 16.3 Å². The van der Waals surface area contributed by atoms with Crippen molar-refractivity contribution in [3.63, 3.8) is 0 Å². The minimum Gasteiger partial charge on any atom is -0.476 e. The third-order valence-corrected chi connectivity index (χ3v) is 6.73. The van der Waals surface area contributed by atoms with Crippen LogP contribution in [-0.4, -0.2) is 88.9 Å². The Hall–Kier alpha value is -4.11. The predicted molar refractivity (Wildman–Crippen MR) is 134 cm³/mol. The maximum atomic E-state index is 12.8. The fraction of sp³-hybridized carbons (Fsp3) is 0.480. The van der Waals surface area contributed by atoms with E-state index in [1.807, 2.05) is 37.4 Å². The maximum absolute atomic E-state index is 12.8. The average molecular weight is 510 g/mol. The number of likely N-dealkylation sites (tertiary alicyclic amines) is 1. The van der Waals surface area contributed by atoms with Crippen molar-refractivity contribution in [2.45, 2.75) is 38.0 Å². The summed E-state index contributed by atoms with van der Waals surface area (Å²) in [5, 5.41) is 19.1. The smallest absolute Gasteiger partial charge is 0.410 e. The number of carboxylic acids is 1. The second-order valence-corrected chi connectivity index (χ2v) is 9.18. The lowest BCUT2D eigenvalue weighted by molar-refractivity contribution is 0.0689. The molecule has 3 N–H and O–H groups in total. The van der Waals surface area contributed by atoms with Crippen molar-refractivity contribution in [1.29, 1.82) is 5.26 Å². The Balaban J connectivity index is 1.49. The Bertz CT molecular complexity index is 1160. The first-order chi connectivity index (χ1) is 17.9. The van der Waals surface area contributed by atoms with Crippen molar-refractivity contribution in [3.05, 3.63) is 41.6 Å². The van der Waals surface area contributed by atoms with Crippen LogP contribution in [0.2, 0.25) is 0 Å². The minimum atomic E-state index is -1.29. The molecule has 2 aromatic rings. The van der Waals surface area contributed by atoms with Gasteiger partial charge < -0.3 is 35.0 Å². The molecule has 2 atom stereocenters. The van der Waals surface area contributed by atoms with E-state index in [9.17, 15) is 20.0 Å². The lowest BCUT2D eigenvalue weighted by atomic mass is 10.1. The fourth-order valence-electron chi connectivity index (χ4n) is 4.64. The second kappa shape index (κ2) is 11.7. The van der Waals surface area contributed by atoms with Gasteiger partial charge in [0.05, 0.1) is 18.5 Å². The Morgan fingerprint density at radius 2 is 1.97 bits per heavy atom. The summed E-state index contributed by atoms with van der Waals surface area (Å²) in [5.74, 6) is -1.08. The predicted octanol–water partition coefficient (Wildman–Crippen LogP) is 1.97. The first-order valence-corrected chi connectivity index (χ1v) is 12.2. The van der Waals surface area contributed by atoms with E-state index in [1.54, 1.807) is 4.90 Å². The fourth-order valence-corrected chi connectivity index (χ4v) is 4.64. The van der Waals surface area contributed by atoms with Gasteiger partial charge in [0, 0.05) is 25.7 Å². The summed E-state index contributed by atoms with van der Waals surface area (Å²) in [5.41, 5.74) is 6.59. The molecule has 2 fully saturated rings. The van der Waals surface area contributed by atoms with Crippen molar-refractivity contribution >= 4 is 23.6 Å².